The van der Waals surface area contributed by atoms with Gasteiger partial charge in [-0.2, -0.15) is 0 Å². The van der Waals surface area contributed by atoms with Crippen LogP contribution in [0, 0.1) is 0 Å². The van der Waals surface area contributed by atoms with E-state index in [0.717, 1.165) is 71.6 Å². The lowest BCUT2D eigenvalue weighted by Crippen LogP contribution is -2.49. The van der Waals surface area contributed by atoms with Crippen molar-refractivity contribution in [2.45, 2.75) is 38.2 Å². The molecular weight excluding hydrogens is 242 g/mol. The van der Waals surface area contributed by atoms with Crippen LogP contribution in [0.2, 0.25) is 0 Å². The maximum Gasteiger partial charge on any atom is 0.222 e. The molecule has 0 radical (unpaired) electrons. The Morgan fingerprint density at radius 3 is 2.68 bits per heavy atom. The van der Waals surface area contributed by atoms with Gasteiger partial charge in [-0.05, 0) is 38.8 Å². The third-order valence-electron chi connectivity index (χ3n) is 4.11. The Balaban J connectivity index is 1.61. The molecule has 2 fully saturated rings. The highest BCUT2D eigenvalue weighted by Gasteiger charge is 2.22. The summed E-state index contributed by atoms with van der Waals surface area (Å²) < 4.78 is 5.56. The van der Waals surface area contributed by atoms with Crippen molar-refractivity contribution in [3.05, 3.63) is 0 Å². The van der Waals surface area contributed by atoms with Gasteiger partial charge in [-0.3, -0.25) is 9.69 Å². The summed E-state index contributed by atoms with van der Waals surface area (Å²) >= 11 is 0. The minimum absolute atomic E-state index is 0.300. The number of hydrogen-bond donors (Lipinski definition) is 1. The highest BCUT2D eigenvalue weighted by molar-refractivity contribution is 5.76. The standard InChI is InChI=1S/C14H27N3O2/c15-6-2-7-16-8-10-17(11-9-16)14(18)5-4-13-3-1-12-19-13/h13H,1-12,15H2. The van der Waals surface area contributed by atoms with Crippen LogP contribution >= 0.6 is 0 Å². The molecule has 19 heavy (non-hydrogen) atoms. The van der Waals surface area contributed by atoms with E-state index < -0.39 is 0 Å². The molecular formula is C14H27N3O2. The quantitative estimate of drug-likeness (QED) is 0.760. The van der Waals surface area contributed by atoms with E-state index in [1.54, 1.807) is 0 Å². The highest BCUT2D eigenvalue weighted by atomic mass is 16.5. The average Bonchev–Trinajstić information content (AvgIpc) is 2.96. The lowest BCUT2D eigenvalue weighted by molar-refractivity contribution is -0.133. The van der Waals surface area contributed by atoms with Crippen molar-refractivity contribution in [2.24, 2.45) is 5.73 Å². The zero-order valence-electron chi connectivity index (χ0n) is 11.9. The predicted molar refractivity (Wildman–Crippen MR) is 74.9 cm³/mol. The van der Waals surface area contributed by atoms with E-state index in [9.17, 15) is 4.79 Å². The fraction of sp³-hybridized carbons (Fsp3) is 0.929. The van der Waals surface area contributed by atoms with Crippen molar-refractivity contribution in [1.82, 2.24) is 9.80 Å². The van der Waals surface area contributed by atoms with Gasteiger partial charge < -0.3 is 15.4 Å². The van der Waals surface area contributed by atoms with Crippen molar-refractivity contribution in [3.63, 3.8) is 0 Å². The minimum Gasteiger partial charge on any atom is -0.378 e. The first-order valence-corrected chi connectivity index (χ1v) is 7.61. The molecule has 0 bridgehead atoms. The van der Waals surface area contributed by atoms with Crippen LogP contribution in [0.5, 0.6) is 0 Å². The molecule has 2 rings (SSSR count). The molecule has 2 saturated heterocycles. The first-order valence-electron chi connectivity index (χ1n) is 7.61. The van der Waals surface area contributed by atoms with E-state index in [0.29, 0.717) is 18.4 Å². The Kier molecular flexibility index (Phi) is 6.07. The molecule has 2 aliphatic rings. The van der Waals surface area contributed by atoms with Gasteiger partial charge in [-0.1, -0.05) is 0 Å². The van der Waals surface area contributed by atoms with E-state index >= 15 is 0 Å². The summed E-state index contributed by atoms with van der Waals surface area (Å²) in [6, 6.07) is 0. The molecule has 2 heterocycles. The number of nitrogens with two attached hydrogens (primary N) is 1. The Hall–Kier alpha value is -0.650. The number of nitrogens with zero attached hydrogens (tertiary/aromatic N) is 2. The van der Waals surface area contributed by atoms with Gasteiger partial charge in [-0.25, -0.2) is 0 Å². The van der Waals surface area contributed by atoms with Crippen molar-refractivity contribution in [2.75, 3.05) is 45.9 Å². The number of hydrogen-bond acceptors (Lipinski definition) is 4. The number of rotatable bonds is 6. The van der Waals surface area contributed by atoms with Gasteiger partial charge in [0.05, 0.1) is 6.10 Å². The topological polar surface area (TPSA) is 58.8 Å². The molecule has 5 heteroatoms. The van der Waals surface area contributed by atoms with Gasteiger partial charge in [0.15, 0.2) is 0 Å². The molecule has 0 aromatic rings. The molecule has 2 N–H and O–H groups in total. The summed E-state index contributed by atoms with van der Waals surface area (Å²) in [7, 11) is 0. The van der Waals surface area contributed by atoms with E-state index in [4.69, 9.17) is 10.5 Å². The third-order valence-corrected chi connectivity index (χ3v) is 4.11. The summed E-state index contributed by atoms with van der Waals surface area (Å²) in [6.45, 7) is 6.41. The molecule has 1 amide bonds. The van der Waals surface area contributed by atoms with Gasteiger partial charge >= 0.3 is 0 Å². The maximum atomic E-state index is 12.1. The van der Waals surface area contributed by atoms with Gasteiger partial charge in [0.1, 0.15) is 0 Å². The van der Waals surface area contributed by atoms with E-state index in [-0.39, 0.29) is 0 Å². The van der Waals surface area contributed by atoms with E-state index in [1.807, 2.05) is 4.90 Å². The van der Waals surface area contributed by atoms with Crippen molar-refractivity contribution in [1.29, 1.82) is 0 Å². The van der Waals surface area contributed by atoms with Crippen LogP contribution < -0.4 is 5.73 Å². The predicted octanol–water partition coefficient (Wildman–Crippen LogP) is 0.439. The van der Waals surface area contributed by atoms with Crippen LogP contribution in [-0.2, 0) is 9.53 Å². The number of carbonyl (C=O) groups is 1. The van der Waals surface area contributed by atoms with Crippen LogP contribution in [-0.4, -0.2) is 67.7 Å². The minimum atomic E-state index is 0.300. The Bertz CT molecular complexity index is 272. The Morgan fingerprint density at radius 1 is 1.26 bits per heavy atom. The molecule has 0 aromatic heterocycles. The van der Waals surface area contributed by atoms with Gasteiger partial charge in [-0.15, -0.1) is 0 Å². The molecule has 0 saturated carbocycles. The van der Waals surface area contributed by atoms with E-state index in [2.05, 4.69) is 4.90 Å². The number of carbonyl (C=O) groups excluding carboxylic acids is 1. The molecule has 0 aliphatic carbocycles. The first-order chi connectivity index (χ1) is 9.29. The molecule has 110 valence electrons. The second-order valence-corrected chi connectivity index (χ2v) is 5.54. The van der Waals surface area contributed by atoms with Gasteiger partial charge in [0.2, 0.25) is 5.91 Å². The van der Waals surface area contributed by atoms with Crippen molar-refractivity contribution >= 4 is 5.91 Å². The first kappa shape index (κ1) is 14.8. The third kappa shape index (κ3) is 4.75. The second-order valence-electron chi connectivity index (χ2n) is 5.54. The molecule has 0 spiro atoms. The fourth-order valence-electron chi connectivity index (χ4n) is 2.85. The number of amides is 1. The zero-order valence-corrected chi connectivity index (χ0v) is 11.9. The smallest absolute Gasteiger partial charge is 0.222 e. The summed E-state index contributed by atoms with van der Waals surface area (Å²) in [6.07, 6.45) is 5.20. The molecule has 5 nitrogen and oxygen atoms in total. The number of ether oxygens (including phenoxy) is 1. The monoisotopic (exact) mass is 269 g/mol. The normalized spacial score (nSPS) is 24.9. The summed E-state index contributed by atoms with van der Waals surface area (Å²) in [4.78, 5) is 16.5. The van der Waals surface area contributed by atoms with Gasteiger partial charge in [0, 0.05) is 39.2 Å². The summed E-state index contributed by atoms with van der Waals surface area (Å²) in [5.74, 6) is 0.300. The lowest BCUT2D eigenvalue weighted by atomic mass is 10.1. The second kappa shape index (κ2) is 7.82. The Labute approximate surface area is 116 Å². The van der Waals surface area contributed by atoms with Crippen LogP contribution in [0.15, 0.2) is 0 Å². The van der Waals surface area contributed by atoms with Crippen molar-refractivity contribution in [3.8, 4) is 0 Å². The SMILES string of the molecule is NCCCN1CCN(C(=O)CCC2CCCO2)CC1. The summed E-state index contributed by atoms with van der Waals surface area (Å²) in [5.41, 5.74) is 5.52. The molecule has 1 atom stereocenters. The number of piperazine rings is 1. The summed E-state index contributed by atoms with van der Waals surface area (Å²) in [5, 5.41) is 0. The molecule has 0 aromatic carbocycles. The van der Waals surface area contributed by atoms with E-state index in [1.165, 1.54) is 0 Å². The van der Waals surface area contributed by atoms with Crippen LogP contribution in [0.1, 0.15) is 32.1 Å². The van der Waals surface area contributed by atoms with Crippen molar-refractivity contribution < 1.29 is 9.53 Å². The zero-order chi connectivity index (χ0) is 13.5. The largest absolute Gasteiger partial charge is 0.378 e. The highest BCUT2D eigenvalue weighted by Crippen LogP contribution is 2.17. The fourth-order valence-corrected chi connectivity index (χ4v) is 2.85. The van der Waals surface area contributed by atoms with Gasteiger partial charge in [0.25, 0.3) is 0 Å². The van der Waals surface area contributed by atoms with Crippen LogP contribution in [0.25, 0.3) is 0 Å². The average molecular weight is 269 g/mol. The lowest BCUT2D eigenvalue weighted by Gasteiger charge is -2.34. The Morgan fingerprint density at radius 2 is 2.05 bits per heavy atom. The van der Waals surface area contributed by atoms with Crippen LogP contribution in [0.3, 0.4) is 0 Å². The molecule has 2 aliphatic heterocycles. The van der Waals surface area contributed by atoms with Crippen LogP contribution in [0.4, 0.5) is 0 Å². The molecule has 1 unspecified atom stereocenters. The maximum absolute atomic E-state index is 12.1.